The molecule has 88 valence electrons. The SMILES string of the molecule is Cc1cscc1C(=O)N1CCOC(CBr)C1. The quantitative estimate of drug-likeness (QED) is 0.785. The number of aryl methyl sites for hydroxylation is 1. The van der Waals surface area contributed by atoms with Crippen molar-refractivity contribution in [3.8, 4) is 0 Å². The molecule has 1 aromatic heterocycles. The van der Waals surface area contributed by atoms with Gasteiger partial charge in [0.1, 0.15) is 0 Å². The van der Waals surface area contributed by atoms with E-state index in [1.807, 2.05) is 22.6 Å². The van der Waals surface area contributed by atoms with Gasteiger partial charge in [-0.15, -0.1) is 0 Å². The minimum absolute atomic E-state index is 0.122. The third-order valence-electron chi connectivity index (χ3n) is 2.68. The Bertz CT molecular complexity index is 380. The van der Waals surface area contributed by atoms with Crippen LogP contribution in [0.1, 0.15) is 15.9 Å². The van der Waals surface area contributed by atoms with Crippen molar-refractivity contribution in [3.63, 3.8) is 0 Å². The van der Waals surface area contributed by atoms with Gasteiger partial charge in [-0.2, -0.15) is 11.3 Å². The maximum Gasteiger partial charge on any atom is 0.255 e. The molecule has 1 atom stereocenters. The second-order valence-electron chi connectivity index (χ2n) is 3.87. The molecule has 2 rings (SSSR count). The molecule has 0 aromatic carbocycles. The van der Waals surface area contributed by atoms with Crippen molar-refractivity contribution >= 4 is 33.2 Å². The number of hydrogen-bond acceptors (Lipinski definition) is 3. The van der Waals surface area contributed by atoms with Gasteiger partial charge in [0, 0.05) is 23.8 Å². The smallest absolute Gasteiger partial charge is 0.255 e. The number of morpholine rings is 1. The van der Waals surface area contributed by atoms with Crippen molar-refractivity contribution in [1.29, 1.82) is 0 Å². The Morgan fingerprint density at radius 1 is 1.69 bits per heavy atom. The lowest BCUT2D eigenvalue weighted by Crippen LogP contribution is -2.46. The van der Waals surface area contributed by atoms with Gasteiger partial charge in [-0.3, -0.25) is 4.79 Å². The minimum Gasteiger partial charge on any atom is -0.374 e. The number of carbonyl (C=O) groups excluding carboxylic acids is 1. The van der Waals surface area contributed by atoms with Gasteiger partial charge >= 0.3 is 0 Å². The number of hydrogen-bond donors (Lipinski definition) is 0. The number of rotatable bonds is 2. The van der Waals surface area contributed by atoms with E-state index in [2.05, 4.69) is 15.9 Å². The lowest BCUT2D eigenvalue weighted by molar-refractivity contribution is -0.00965. The first-order chi connectivity index (χ1) is 7.72. The molecule has 1 aliphatic heterocycles. The normalized spacial score (nSPS) is 21.1. The average Bonchev–Trinajstić information content (AvgIpc) is 2.74. The van der Waals surface area contributed by atoms with Crippen LogP contribution >= 0.6 is 27.3 Å². The number of ether oxygens (including phenoxy) is 1. The maximum absolute atomic E-state index is 12.2. The second kappa shape index (κ2) is 5.29. The minimum atomic E-state index is 0.122. The largest absolute Gasteiger partial charge is 0.374 e. The highest BCUT2D eigenvalue weighted by atomic mass is 79.9. The fourth-order valence-electron chi connectivity index (χ4n) is 1.75. The van der Waals surface area contributed by atoms with Gasteiger partial charge in [-0.25, -0.2) is 0 Å². The van der Waals surface area contributed by atoms with Crippen LogP contribution in [0.4, 0.5) is 0 Å². The van der Waals surface area contributed by atoms with Crippen LogP contribution < -0.4 is 0 Å². The van der Waals surface area contributed by atoms with E-state index in [-0.39, 0.29) is 12.0 Å². The topological polar surface area (TPSA) is 29.5 Å². The summed E-state index contributed by atoms with van der Waals surface area (Å²) in [5.74, 6) is 0.132. The van der Waals surface area contributed by atoms with E-state index < -0.39 is 0 Å². The first-order valence-electron chi connectivity index (χ1n) is 5.22. The van der Waals surface area contributed by atoms with Gasteiger partial charge in [0.15, 0.2) is 0 Å². The first-order valence-corrected chi connectivity index (χ1v) is 7.28. The van der Waals surface area contributed by atoms with Gasteiger partial charge in [-0.05, 0) is 17.9 Å². The van der Waals surface area contributed by atoms with Crippen LogP contribution in [-0.2, 0) is 4.74 Å². The van der Waals surface area contributed by atoms with Gasteiger partial charge in [0.25, 0.3) is 5.91 Å². The Morgan fingerprint density at radius 2 is 2.50 bits per heavy atom. The molecule has 1 saturated heterocycles. The molecule has 0 radical (unpaired) electrons. The first kappa shape index (κ1) is 12.1. The molecule has 2 heterocycles. The van der Waals surface area contributed by atoms with Crippen LogP contribution in [0.3, 0.4) is 0 Å². The van der Waals surface area contributed by atoms with Crippen LogP contribution in [0.25, 0.3) is 0 Å². The van der Waals surface area contributed by atoms with Crippen molar-refractivity contribution in [2.45, 2.75) is 13.0 Å². The molecule has 5 heteroatoms. The van der Waals surface area contributed by atoms with Gasteiger partial charge in [0.05, 0.1) is 18.3 Å². The molecule has 0 bridgehead atoms. The summed E-state index contributed by atoms with van der Waals surface area (Å²) in [5.41, 5.74) is 1.90. The molecule has 1 amide bonds. The summed E-state index contributed by atoms with van der Waals surface area (Å²) >= 11 is 4.97. The van der Waals surface area contributed by atoms with Crippen molar-refractivity contribution in [2.75, 3.05) is 25.0 Å². The zero-order valence-corrected chi connectivity index (χ0v) is 11.5. The van der Waals surface area contributed by atoms with E-state index in [1.165, 1.54) is 0 Å². The maximum atomic E-state index is 12.2. The lowest BCUT2D eigenvalue weighted by Gasteiger charge is -2.32. The predicted octanol–water partition coefficient (Wildman–Crippen LogP) is 2.29. The second-order valence-corrected chi connectivity index (χ2v) is 5.26. The molecule has 0 spiro atoms. The predicted molar refractivity (Wildman–Crippen MR) is 68.5 cm³/mol. The molecule has 16 heavy (non-hydrogen) atoms. The summed E-state index contributed by atoms with van der Waals surface area (Å²) in [6, 6.07) is 0. The summed E-state index contributed by atoms with van der Waals surface area (Å²) in [6.07, 6.45) is 0.122. The lowest BCUT2D eigenvalue weighted by atomic mass is 10.2. The molecule has 0 aliphatic carbocycles. The van der Waals surface area contributed by atoms with Crippen molar-refractivity contribution in [1.82, 2.24) is 4.90 Å². The number of amides is 1. The van der Waals surface area contributed by atoms with E-state index in [0.29, 0.717) is 19.7 Å². The van der Waals surface area contributed by atoms with Crippen molar-refractivity contribution < 1.29 is 9.53 Å². The number of carbonyl (C=O) groups is 1. The van der Waals surface area contributed by atoms with E-state index >= 15 is 0 Å². The van der Waals surface area contributed by atoms with E-state index in [1.54, 1.807) is 11.3 Å². The van der Waals surface area contributed by atoms with Gasteiger partial charge in [0.2, 0.25) is 0 Å². The van der Waals surface area contributed by atoms with Crippen molar-refractivity contribution in [2.24, 2.45) is 0 Å². The average molecular weight is 304 g/mol. The molecule has 1 fully saturated rings. The third kappa shape index (κ3) is 2.47. The highest BCUT2D eigenvalue weighted by Crippen LogP contribution is 2.18. The zero-order chi connectivity index (χ0) is 11.5. The molecule has 1 unspecified atom stereocenters. The fraction of sp³-hybridized carbons (Fsp3) is 0.545. The molecule has 1 aromatic rings. The third-order valence-corrected chi connectivity index (χ3v) is 4.27. The van der Waals surface area contributed by atoms with E-state index in [9.17, 15) is 4.79 Å². The Kier molecular flexibility index (Phi) is 4.00. The number of halogens is 1. The Morgan fingerprint density at radius 3 is 3.12 bits per heavy atom. The summed E-state index contributed by atoms with van der Waals surface area (Å²) in [4.78, 5) is 14.1. The fourth-order valence-corrected chi connectivity index (χ4v) is 2.96. The van der Waals surface area contributed by atoms with E-state index in [4.69, 9.17) is 4.74 Å². The summed E-state index contributed by atoms with van der Waals surface area (Å²) < 4.78 is 5.52. The molecule has 0 saturated carbocycles. The van der Waals surface area contributed by atoms with Crippen LogP contribution in [0.2, 0.25) is 0 Å². The number of nitrogens with zero attached hydrogens (tertiary/aromatic N) is 1. The van der Waals surface area contributed by atoms with Crippen molar-refractivity contribution in [3.05, 3.63) is 21.9 Å². The monoisotopic (exact) mass is 303 g/mol. The highest BCUT2D eigenvalue weighted by molar-refractivity contribution is 9.09. The number of thiophene rings is 1. The molecule has 1 aliphatic rings. The molecule has 0 N–H and O–H groups in total. The standard InChI is InChI=1S/C11H14BrNO2S/c1-8-6-16-7-10(8)11(14)13-2-3-15-9(4-12)5-13/h6-7,9H,2-5H2,1H3. The Balaban J connectivity index is 2.07. The number of alkyl halides is 1. The van der Waals surface area contributed by atoms with Crippen LogP contribution in [0.5, 0.6) is 0 Å². The summed E-state index contributed by atoms with van der Waals surface area (Å²) in [5, 5.41) is 4.71. The Hall–Kier alpha value is -0.390. The summed E-state index contributed by atoms with van der Waals surface area (Å²) in [6.45, 7) is 3.98. The zero-order valence-electron chi connectivity index (χ0n) is 9.11. The molecule has 3 nitrogen and oxygen atoms in total. The van der Waals surface area contributed by atoms with Gasteiger partial charge < -0.3 is 9.64 Å². The Labute approximate surface area is 108 Å². The van der Waals surface area contributed by atoms with E-state index in [0.717, 1.165) is 16.5 Å². The van der Waals surface area contributed by atoms with Crippen LogP contribution in [0.15, 0.2) is 10.8 Å². The summed E-state index contributed by atoms with van der Waals surface area (Å²) in [7, 11) is 0. The molecular weight excluding hydrogens is 290 g/mol. The molecular formula is C11H14BrNO2S. The van der Waals surface area contributed by atoms with Crippen LogP contribution in [-0.4, -0.2) is 41.9 Å². The van der Waals surface area contributed by atoms with Crippen LogP contribution in [0, 0.1) is 6.92 Å². The highest BCUT2D eigenvalue weighted by Gasteiger charge is 2.25. The van der Waals surface area contributed by atoms with Gasteiger partial charge in [-0.1, -0.05) is 15.9 Å².